The number of rotatable bonds is 3. The van der Waals surface area contributed by atoms with E-state index in [1.165, 1.54) is 0 Å². The Morgan fingerprint density at radius 3 is 2.81 bits per heavy atom. The van der Waals surface area contributed by atoms with E-state index < -0.39 is 0 Å². The number of amides is 1. The van der Waals surface area contributed by atoms with Gasteiger partial charge in [-0.2, -0.15) is 0 Å². The van der Waals surface area contributed by atoms with Crippen LogP contribution in [0.3, 0.4) is 0 Å². The predicted octanol–water partition coefficient (Wildman–Crippen LogP) is -0.136. The van der Waals surface area contributed by atoms with Gasteiger partial charge in [0.05, 0.1) is 6.04 Å². The largest absolute Gasteiger partial charge is 0.351 e. The second-order valence-corrected chi connectivity index (χ2v) is 3.91. The van der Waals surface area contributed by atoms with Crippen LogP contribution < -0.4 is 16.0 Å². The molecule has 3 N–H and O–H groups in total. The number of benzene rings is 1. The zero-order valence-corrected chi connectivity index (χ0v) is 9.20. The molecule has 2 rings (SSSR count). The van der Waals surface area contributed by atoms with Gasteiger partial charge >= 0.3 is 0 Å². The Hall–Kier alpha value is -1.39. The third-order valence-corrected chi connectivity index (χ3v) is 2.67. The van der Waals surface area contributed by atoms with Gasteiger partial charge in [0.15, 0.2) is 0 Å². The summed E-state index contributed by atoms with van der Waals surface area (Å²) in [6.07, 6.45) is 0. The minimum atomic E-state index is -0.0996. The molecule has 0 aromatic heterocycles. The van der Waals surface area contributed by atoms with Crippen molar-refractivity contribution < 1.29 is 4.79 Å². The highest BCUT2D eigenvalue weighted by Crippen LogP contribution is 1.97. The number of carbonyl (C=O) groups excluding carboxylic acids is 1. The summed E-state index contributed by atoms with van der Waals surface area (Å²) in [6, 6.07) is 9.83. The molecule has 0 saturated carbocycles. The second-order valence-electron chi connectivity index (χ2n) is 3.91. The highest BCUT2D eigenvalue weighted by atomic mass is 16.2. The minimum absolute atomic E-state index is 0.0658. The molecule has 1 aromatic carbocycles. The molecule has 86 valence electrons. The first-order valence-corrected chi connectivity index (χ1v) is 5.62. The van der Waals surface area contributed by atoms with Crippen molar-refractivity contribution in [1.29, 1.82) is 0 Å². The van der Waals surface area contributed by atoms with Crippen molar-refractivity contribution in [2.75, 3.05) is 19.6 Å². The number of piperazine rings is 1. The molecule has 1 amide bonds. The van der Waals surface area contributed by atoms with Crippen LogP contribution in [-0.4, -0.2) is 31.6 Å². The monoisotopic (exact) mass is 219 g/mol. The smallest absolute Gasteiger partial charge is 0.238 e. The molecule has 1 heterocycles. The molecule has 1 fully saturated rings. The molecule has 16 heavy (non-hydrogen) atoms. The lowest BCUT2D eigenvalue weighted by Crippen LogP contribution is -2.55. The lowest BCUT2D eigenvalue weighted by Gasteiger charge is -2.23. The van der Waals surface area contributed by atoms with Crippen LogP contribution in [0.1, 0.15) is 5.56 Å². The van der Waals surface area contributed by atoms with Gasteiger partial charge in [-0.1, -0.05) is 30.3 Å². The van der Waals surface area contributed by atoms with Crippen LogP contribution in [0.4, 0.5) is 0 Å². The molecule has 4 heteroatoms. The van der Waals surface area contributed by atoms with E-state index in [-0.39, 0.29) is 11.9 Å². The number of hydrogen-bond donors (Lipinski definition) is 3. The average Bonchev–Trinajstić information content (AvgIpc) is 2.38. The van der Waals surface area contributed by atoms with Gasteiger partial charge in [0, 0.05) is 26.2 Å². The maximum absolute atomic E-state index is 11.8. The minimum Gasteiger partial charge on any atom is -0.351 e. The summed E-state index contributed by atoms with van der Waals surface area (Å²) < 4.78 is 0. The molecule has 1 aromatic rings. The van der Waals surface area contributed by atoms with Gasteiger partial charge in [0.25, 0.3) is 0 Å². The van der Waals surface area contributed by atoms with Crippen LogP contribution in [0.5, 0.6) is 0 Å². The van der Waals surface area contributed by atoms with E-state index in [1.54, 1.807) is 0 Å². The molecule has 1 atom stereocenters. The summed E-state index contributed by atoms with van der Waals surface area (Å²) in [6.45, 7) is 3.09. The number of carbonyl (C=O) groups is 1. The molecule has 0 bridgehead atoms. The topological polar surface area (TPSA) is 53.2 Å². The van der Waals surface area contributed by atoms with Crippen molar-refractivity contribution in [3.05, 3.63) is 35.9 Å². The van der Waals surface area contributed by atoms with Crippen LogP contribution in [0, 0.1) is 0 Å². The fourth-order valence-corrected chi connectivity index (χ4v) is 1.75. The van der Waals surface area contributed by atoms with E-state index >= 15 is 0 Å². The van der Waals surface area contributed by atoms with E-state index in [2.05, 4.69) is 16.0 Å². The van der Waals surface area contributed by atoms with Crippen molar-refractivity contribution in [2.45, 2.75) is 12.6 Å². The second kappa shape index (κ2) is 5.63. The van der Waals surface area contributed by atoms with Gasteiger partial charge in [-0.25, -0.2) is 0 Å². The van der Waals surface area contributed by atoms with Crippen molar-refractivity contribution in [1.82, 2.24) is 16.0 Å². The van der Waals surface area contributed by atoms with Crippen molar-refractivity contribution in [3.63, 3.8) is 0 Å². The Balaban J connectivity index is 1.79. The zero-order chi connectivity index (χ0) is 11.2. The molecule has 1 aliphatic heterocycles. The average molecular weight is 219 g/mol. The fourth-order valence-electron chi connectivity index (χ4n) is 1.75. The molecule has 1 unspecified atom stereocenters. The quantitative estimate of drug-likeness (QED) is 0.663. The first-order valence-electron chi connectivity index (χ1n) is 5.62. The Morgan fingerprint density at radius 2 is 2.12 bits per heavy atom. The zero-order valence-electron chi connectivity index (χ0n) is 9.20. The number of nitrogens with one attached hydrogen (secondary N) is 3. The Bertz CT molecular complexity index is 333. The van der Waals surface area contributed by atoms with E-state index in [9.17, 15) is 4.79 Å². The maximum atomic E-state index is 11.8. The fraction of sp³-hybridized carbons (Fsp3) is 0.417. The first-order chi connectivity index (χ1) is 7.86. The third kappa shape index (κ3) is 3.05. The summed E-state index contributed by atoms with van der Waals surface area (Å²) in [4.78, 5) is 11.8. The molecular weight excluding hydrogens is 202 g/mol. The molecule has 0 radical (unpaired) electrons. The van der Waals surface area contributed by atoms with Crippen molar-refractivity contribution in [2.24, 2.45) is 0 Å². The lowest BCUT2D eigenvalue weighted by molar-refractivity contribution is -0.123. The highest BCUT2D eigenvalue weighted by molar-refractivity contribution is 5.82. The Morgan fingerprint density at radius 1 is 1.31 bits per heavy atom. The van der Waals surface area contributed by atoms with E-state index in [0.717, 1.165) is 18.7 Å². The summed E-state index contributed by atoms with van der Waals surface area (Å²) in [5, 5.41) is 9.30. The highest BCUT2D eigenvalue weighted by Gasteiger charge is 2.19. The molecule has 0 spiro atoms. The molecule has 0 aliphatic carbocycles. The van der Waals surface area contributed by atoms with Gasteiger partial charge < -0.3 is 16.0 Å². The van der Waals surface area contributed by atoms with Gasteiger partial charge in [0.1, 0.15) is 0 Å². The maximum Gasteiger partial charge on any atom is 0.238 e. The van der Waals surface area contributed by atoms with Gasteiger partial charge in [-0.05, 0) is 5.56 Å². The Labute approximate surface area is 95.4 Å². The van der Waals surface area contributed by atoms with Gasteiger partial charge in [0.2, 0.25) is 5.91 Å². The third-order valence-electron chi connectivity index (χ3n) is 2.67. The van der Waals surface area contributed by atoms with E-state index in [1.807, 2.05) is 30.3 Å². The molecule has 1 saturated heterocycles. The van der Waals surface area contributed by atoms with Crippen LogP contribution in [0.25, 0.3) is 0 Å². The SMILES string of the molecule is O=C(NCc1ccccc1)C1CNCCN1. The van der Waals surface area contributed by atoms with Crippen LogP contribution in [0.15, 0.2) is 30.3 Å². The van der Waals surface area contributed by atoms with E-state index in [0.29, 0.717) is 13.1 Å². The van der Waals surface area contributed by atoms with Crippen molar-refractivity contribution in [3.8, 4) is 0 Å². The van der Waals surface area contributed by atoms with Crippen LogP contribution in [0.2, 0.25) is 0 Å². The first kappa shape index (κ1) is 11.1. The van der Waals surface area contributed by atoms with Crippen LogP contribution >= 0.6 is 0 Å². The van der Waals surface area contributed by atoms with Crippen LogP contribution in [-0.2, 0) is 11.3 Å². The van der Waals surface area contributed by atoms with Gasteiger partial charge in [-0.15, -0.1) is 0 Å². The summed E-state index contributed by atoms with van der Waals surface area (Å²) in [5.74, 6) is 0.0658. The standard InChI is InChI=1S/C12H17N3O/c16-12(11-9-13-6-7-14-11)15-8-10-4-2-1-3-5-10/h1-5,11,13-14H,6-9H2,(H,15,16). The number of hydrogen-bond acceptors (Lipinski definition) is 3. The normalized spacial score (nSPS) is 20.4. The summed E-state index contributed by atoms with van der Waals surface area (Å²) in [5.41, 5.74) is 1.12. The molecule has 1 aliphatic rings. The van der Waals surface area contributed by atoms with E-state index in [4.69, 9.17) is 0 Å². The summed E-state index contributed by atoms with van der Waals surface area (Å²) >= 11 is 0. The predicted molar refractivity (Wildman–Crippen MR) is 62.9 cm³/mol. The molecular formula is C12H17N3O. The molecule has 4 nitrogen and oxygen atoms in total. The Kier molecular flexibility index (Phi) is 3.91. The van der Waals surface area contributed by atoms with Gasteiger partial charge in [-0.3, -0.25) is 4.79 Å². The lowest BCUT2D eigenvalue weighted by atomic mass is 10.2. The summed E-state index contributed by atoms with van der Waals surface area (Å²) in [7, 11) is 0. The van der Waals surface area contributed by atoms with Crippen molar-refractivity contribution >= 4 is 5.91 Å².